The van der Waals surface area contributed by atoms with Crippen molar-refractivity contribution < 1.29 is 14.3 Å². The number of carbonyl (C=O) groups excluding carboxylic acids is 2. The Balaban J connectivity index is 1.52. The number of morpholine rings is 1. The lowest BCUT2D eigenvalue weighted by Crippen LogP contribution is -2.54. The minimum absolute atomic E-state index is 0.0165. The first-order valence-electron chi connectivity index (χ1n) is 7.96. The molecule has 2 aliphatic rings. The summed E-state index contributed by atoms with van der Waals surface area (Å²) in [5, 5.41) is 4.07. The third kappa shape index (κ3) is 2.67. The van der Waals surface area contributed by atoms with E-state index in [0.29, 0.717) is 13.1 Å². The van der Waals surface area contributed by atoms with Gasteiger partial charge < -0.3 is 14.5 Å². The Kier molecular flexibility index (Phi) is 3.78. The highest BCUT2D eigenvalue weighted by atomic mass is 16.5. The Labute approximate surface area is 139 Å². The maximum absolute atomic E-state index is 12.5. The summed E-state index contributed by atoms with van der Waals surface area (Å²) in [4.78, 5) is 28.4. The summed E-state index contributed by atoms with van der Waals surface area (Å²) in [6, 6.07) is 11.2. The van der Waals surface area contributed by atoms with E-state index in [1.165, 1.54) is 0 Å². The minimum atomic E-state index is -0.149. The lowest BCUT2D eigenvalue weighted by molar-refractivity contribution is -0.131. The van der Waals surface area contributed by atoms with Crippen molar-refractivity contribution in [1.29, 1.82) is 0 Å². The van der Waals surface area contributed by atoms with Crippen molar-refractivity contribution >= 4 is 17.5 Å². The first-order chi connectivity index (χ1) is 11.7. The number of rotatable bonds is 3. The van der Waals surface area contributed by atoms with Gasteiger partial charge in [0.1, 0.15) is 13.2 Å². The van der Waals surface area contributed by atoms with Gasteiger partial charge in [0.05, 0.1) is 12.1 Å². The molecule has 7 heteroatoms. The molecule has 1 aromatic carbocycles. The Morgan fingerprint density at radius 3 is 2.79 bits per heavy atom. The normalized spacial score (nSPS) is 23.4. The number of aromatic nitrogens is 2. The van der Waals surface area contributed by atoms with Crippen LogP contribution in [0.4, 0.5) is 5.69 Å². The van der Waals surface area contributed by atoms with E-state index < -0.39 is 0 Å². The topological polar surface area (TPSA) is 67.7 Å². The average Bonchev–Trinajstić information content (AvgIpc) is 3.25. The van der Waals surface area contributed by atoms with Gasteiger partial charge in [-0.25, -0.2) is 0 Å². The standard InChI is InChI=1S/C17H18N4O3/c22-16(11-20-8-4-7-18-20)19-9-14-15(10-19)24-12-17(23)21(14)13-5-2-1-3-6-13/h1-8,14-15H,9-12H2/t14-,15-/m0/s1. The Morgan fingerprint density at radius 2 is 2.04 bits per heavy atom. The Hall–Kier alpha value is -2.67. The zero-order valence-corrected chi connectivity index (χ0v) is 13.1. The van der Waals surface area contributed by atoms with Crippen LogP contribution in [0, 0.1) is 0 Å². The van der Waals surface area contributed by atoms with Gasteiger partial charge in [-0.1, -0.05) is 18.2 Å². The second kappa shape index (κ2) is 6.09. The summed E-state index contributed by atoms with van der Waals surface area (Å²) >= 11 is 0. The van der Waals surface area contributed by atoms with Gasteiger partial charge in [-0.2, -0.15) is 5.10 Å². The van der Waals surface area contributed by atoms with Gasteiger partial charge in [-0.05, 0) is 18.2 Å². The summed E-state index contributed by atoms with van der Waals surface area (Å²) in [7, 11) is 0. The molecular formula is C17H18N4O3. The van der Waals surface area contributed by atoms with Crippen LogP contribution in [0.15, 0.2) is 48.8 Å². The maximum Gasteiger partial charge on any atom is 0.253 e. The van der Waals surface area contributed by atoms with E-state index >= 15 is 0 Å². The molecule has 24 heavy (non-hydrogen) atoms. The predicted molar refractivity (Wildman–Crippen MR) is 86.3 cm³/mol. The monoisotopic (exact) mass is 326 g/mol. The largest absolute Gasteiger partial charge is 0.364 e. The van der Waals surface area contributed by atoms with Crippen molar-refractivity contribution in [2.75, 3.05) is 24.6 Å². The molecule has 0 saturated carbocycles. The van der Waals surface area contributed by atoms with Gasteiger partial charge in [-0.15, -0.1) is 0 Å². The molecule has 2 atom stereocenters. The number of ether oxygens (including phenoxy) is 1. The first-order valence-corrected chi connectivity index (χ1v) is 7.96. The number of hydrogen-bond donors (Lipinski definition) is 0. The number of anilines is 1. The van der Waals surface area contributed by atoms with Crippen LogP contribution < -0.4 is 4.90 Å². The second-order valence-electron chi connectivity index (χ2n) is 6.02. The highest BCUT2D eigenvalue weighted by Gasteiger charge is 2.45. The lowest BCUT2D eigenvalue weighted by atomic mass is 10.1. The average molecular weight is 326 g/mol. The number of hydrogen-bond acceptors (Lipinski definition) is 4. The van der Waals surface area contributed by atoms with E-state index in [1.54, 1.807) is 32.9 Å². The molecule has 4 rings (SSSR count). The molecule has 0 radical (unpaired) electrons. The van der Waals surface area contributed by atoms with Gasteiger partial charge in [0.25, 0.3) is 5.91 Å². The molecule has 0 N–H and O–H groups in total. The fraction of sp³-hybridized carbons (Fsp3) is 0.353. The highest BCUT2D eigenvalue weighted by Crippen LogP contribution is 2.28. The van der Waals surface area contributed by atoms with Crippen LogP contribution in [0.3, 0.4) is 0 Å². The molecule has 0 bridgehead atoms. The molecule has 7 nitrogen and oxygen atoms in total. The number of para-hydroxylation sites is 1. The van der Waals surface area contributed by atoms with E-state index in [1.807, 2.05) is 30.3 Å². The van der Waals surface area contributed by atoms with Crippen molar-refractivity contribution in [1.82, 2.24) is 14.7 Å². The molecule has 124 valence electrons. The van der Waals surface area contributed by atoms with Crippen LogP contribution in [-0.4, -0.2) is 58.3 Å². The third-order valence-corrected chi connectivity index (χ3v) is 4.50. The summed E-state index contributed by atoms with van der Waals surface area (Å²) in [5.74, 6) is -0.0824. The minimum Gasteiger partial charge on any atom is -0.364 e. The number of benzene rings is 1. The van der Waals surface area contributed by atoms with Crippen LogP contribution >= 0.6 is 0 Å². The Bertz CT molecular complexity index is 732. The fourth-order valence-corrected chi connectivity index (χ4v) is 3.36. The van der Waals surface area contributed by atoms with Crippen molar-refractivity contribution in [2.45, 2.75) is 18.7 Å². The molecule has 0 spiro atoms. The molecule has 0 aliphatic carbocycles. The van der Waals surface area contributed by atoms with Gasteiger partial charge in [0.15, 0.2) is 0 Å². The summed E-state index contributed by atoms with van der Waals surface area (Å²) in [5.41, 5.74) is 0.849. The number of nitrogens with zero attached hydrogens (tertiary/aromatic N) is 4. The number of fused-ring (bicyclic) bond motifs is 1. The zero-order valence-electron chi connectivity index (χ0n) is 13.1. The molecule has 2 amide bonds. The summed E-state index contributed by atoms with van der Waals surface area (Å²) in [6.45, 7) is 1.23. The number of carbonyl (C=O) groups is 2. The van der Waals surface area contributed by atoms with Crippen LogP contribution in [-0.2, 0) is 20.9 Å². The van der Waals surface area contributed by atoms with Crippen molar-refractivity contribution in [3.05, 3.63) is 48.8 Å². The molecular weight excluding hydrogens is 308 g/mol. The molecule has 2 saturated heterocycles. The smallest absolute Gasteiger partial charge is 0.253 e. The molecule has 2 fully saturated rings. The predicted octanol–water partition coefficient (Wildman–Crippen LogP) is 0.526. The van der Waals surface area contributed by atoms with E-state index in [2.05, 4.69) is 5.10 Å². The van der Waals surface area contributed by atoms with Crippen LogP contribution in [0.1, 0.15) is 0 Å². The maximum atomic E-state index is 12.5. The van der Waals surface area contributed by atoms with Gasteiger partial charge in [0, 0.05) is 31.2 Å². The third-order valence-electron chi connectivity index (χ3n) is 4.50. The van der Waals surface area contributed by atoms with Gasteiger partial charge in [0.2, 0.25) is 5.91 Å². The first kappa shape index (κ1) is 14.9. The van der Waals surface area contributed by atoms with E-state index in [9.17, 15) is 9.59 Å². The van der Waals surface area contributed by atoms with Gasteiger partial charge >= 0.3 is 0 Å². The molecule has 3 heterocycles. The van der Waals surface area contributed by atoms with Crippen molar-refractivity contribution in [3.63, 3.8) is 0 Å². The van der Waals surface area contributed by atoms with E-state index in [-0.39, 0.29) is 37.1 Å². The van der Waals surface area contributed by atoms with Crippen LogP contribution in [0.2, 0.25) is 0 Å². The van der Waals surface area contributed by atoms with E-state index in [4.69, 9.17) is 4.74 Å². The van der Waals surface area contributed by atoms with Gasteiger partial charge in [-0.3, -0.25) is 14.3 Å². The molecule has 2 aromatic rings. The van der Waals surface area contributed by atoms with Crippen molar-refractivity contribution in [3.8, 4) is 0 Å². The highest BCUT2D eigenvalue weighted by molar-refractivity contribution is 5.96. The lowest BCUT2D eigenvalue weighted by Gasteiger charge is -2.36. The van der Waals surface area contributed by atoms with Crippen LogP contribution in [0.25, 0.3) is 0 Å². The zero-order chi connectivity index (χ0) is 16.5. The number of likely N-dealkylation sites (tertiary alicyclic amines) is 1. The van der Waals surface area contributed by atoms with Crippen LogP contribution in [0.5, 0.6) is 0 Å². The number of amides is 2. The summed E-state index contributed by atoms with van der Waals surface area (Å²) in [6.07, 6.45) is 3.26. The Morgan fingerprint density at radius 1 is 1.21 bits per heavy atom. The summed E-state index contributed by atoms with van der Waals surface area (Å²) < 4.78 is 7.28. The second-order valence-corrected chi connectivity index (χ2v) is 6.02. The molecule has 1 aromatic heterocycles. The molecule has 2 aliphatic heterocycles. The van der Waals surface area contributed by atoms with Crippen molar-refractivity contribution in [2.24, 2.45) is 0 Å². The molecule has 0 unspecified atom stereocenters. The quantitative estimate of drug-likeness (QED) is 0.825. The SMILES string of the molecule is O=C(Cn1cccn1)N1C[C@@H]2OCC(=O)N(c3ccccc3)[C@H]2C1. The van der Waals surface area contributed by atoms with E-state index in [0.717, 1.165) is 5.69 Å². The fourth-order valence-electron chi connectivity index (χ4n) is 3.36.